The Labute approximate surface area is 142 Å². The lowest BCUT2D eigenvalue weighted by molar-refractivity contribution is -0.145. The predicted molar refractivity (Wildman–Crippen MR) is 91.8 cm³/mol. The molecule has 128 valence electrons. The maximum Gasteiger partial charge on any atom is 0.321 e. The third-order valence-electron chi connectivity index (χ3n) is 3.30. The van der Waals surface area contributed by atoms with Crippen LogP contribution < -0.4 is 5.32 Å². The van der Waals surface area contributed by atoms with Crippen molar-refractivity contribution >= 4 is 29.3 Å². The van der Waals surface area contributed by atoms with E-state index in [1.165, 1.54) is 7.11 Å². The van der Waals surface area contributed by atoms with Crippen LogP contribution in [0.3, 0.4) is 0 Å². The van der Waals surface area contributed by atoms with Crippen molar-refractivity contribution in [1.29, 1.82) is 0 Å². The van der Waals surface area contributed by atoms with Crippen LogP contribution in [0.2, 0.25) is 5.02 Å². The number of amides is 2. The van der Waals surface area contributed by atoms with E-state index in [0.29, 0.717) is 30.3 Å². The van der Waals surface area contributed by atoms with E-state index < -0.39 is 5.92 Å². The van der Waals surface area contributed by atoms with Crippen LogP contribution in [-0.2, 0) is 9.53 Å². The van der Waals surface area contributed by atoms with Crippen LogP contribution >= 0.6 is 11.6 Å². The molecule has 23 heavy (non-hydrogen) atoms. The molecule has 1 N–H and O–H groups in total. The maximum atomic E-state index is 12.5. The van der Waals surface area contributed by atoms with E-state index in [0.717, 1.165) is 0 Å². The van der Waals surface area contributed by atoms with Crippen LogP contribution in [-0.4, -0.2) is 62.6 Å². The van der Waals surface area contributed by atoms with Crippen molar-refractivity contribution in [2.75, 3.05) is 46.2 Å². The monoisotopic (exact) mass is 341 g/mol. The fraction of sp³-hybridized carbons (Fsp3) is 0.500. The summed E-state index contributed by atoms with van der Waals surface area (Å²) < 4.78 is 4.73. The summed E-state index contributed by atoms with van der Waals surface area (Å²) in [4.78, 5) is 27.7. The summed E-state index contributed by atoms with van der Waals surface area (Å²) in [5.74, 6) is -0.725. The summed E-state index contributed by atoms with van der Waals surface area (Å²) in [6.45, 7) is 3.24. The Morgan fingerprint density at radius 1 is 1.22 bits per heavy atom. The highest BCUT2D eigenvalue weighted by molar-refractivity contribution is 6.30. The number of nitrogens with zero attached hydrogens (tertiary/aromatic N) is 2. The number of carbonyl (C=O) groups excluding carboxylic acids is 2. The van der Waals surface area contributed by atoms with Crippen molar-refractivity contribution in [3.63, 3.8) is 0 Å². The number of anilines is 1. The number of halogens is 1. The van der Waals surface area contributed by atoms with Crippen molar-refractivity contribution < 1.29 is 14.3 Å². The smallest absolute Gasteiger partial charge is 0.321 e. The van der Waals surface area contributed by atoms with Gasteiger partial charge in [0.05, 0.1) is 13.0 Å². The number of likely N-dealkylation sites (N-methyl/N-ethyl adjacent to an activating group) is 1. The molecular weight excluding hydrogens is 318 g/mol. The summed E-state index contributed by atoms with van der Waals surface area (Å²) in [5.41, 5.74) is 0.653. The molecule has 1 aromatic carbocycles. The second-order valence-electron chi connectivity index (χ2n) is 5.61. The van der Waals surface area contributed by atoms with Crippen LogP contribution in [0.5, 0.6) is 0 Å². The minimum Gasteiger partial charge on any atom is -0.469 e. The Balaban J connectivity index is 2.74. The highest BCUT2D eigenvalue weighted by Crippen LogP contribution is 2.14. The predicted octanol–water partition coefficient (Wildman–Crippen LogP) is 2.54. The fourth-order valence-corrected chi connectivity index (χ4v) is 2.06. The SMILES string of the molecule is COC(=O)C(C)CN(CCN(C)C)C(=O)Nc1ccc(Cl)cc1. The molecule has 7 heteroatoms. The Hall–Kier alpha value is -1.79. The summed E-state index contributed by atoms with van der Waals surface area (Å²) in [6.07, 6.45) is 0. The van der Waals surface area contributed by atoms with Crippen LogP contribution in [0.1, 0.15) is 6.92 Å². The zero-order valence-corrected chi connectivity index (χ0v) is 14.8. The molecule has 0 aliphatic carbocycles. The van der Waals surface area contributed by atoms with Gasteiger partial charge >= 0.3 is 12.0 Å². The van der Waals surface area contributed by atoms with Gasteiger partial charge in [-0.3, -0.25) is 4.79 Å². The number of benzene rings is 1. The van der Waals surface area contributed by atoms with Gasteiger partial charge in [0.1, 0.15) is 0 Å². The molecule has 2 amide bonds. The van der Waals surface area contributed by atoms with Crippen LogP contribution in [0.15, 0.2) is 24.3 Å². The molecule has 0 bridgehead atoms. The number of esters is 1. The lowest BCUT2D eigenvalue weighted by atomic mass is 10.1. The third-order valence-corrected chi connectivity index (χ3v) is 3.55. The fourth-order valence-electron chi connectivity index (χ4n) is 1.94. The number of nitrogens with one attached hydrogen (secondary N) is 1. The summed E-state index contributed by atoms with van der Waals surface area (Å²) in [5, 5.41) is 3.42. The second-order valence-corrected chi connectivity index (χ2v) is 6.05. The number of hydrogen-bond donors (Lipinski definition) is 1. The first kappa shape index (κ1) is 19.3. The van der Waals surface area contributed by atoms with Crippen molar-refractivity contribution in [3.8, 4) is 0 Å². The first-order chi connectivity index (χ1) is 10.8. The molecule has 0 aliphatic rings. The van der Waals surface area contributed by atoms with Crippen LogP contribution in [0.25, 0.3) is 0 Å². The Kier molecular flexibility index (Phi) is 7.85. The van der Waals surface area contributed by atoms with E-state index in [1.807, 2.05) is 19.0 Å². The zero-order chi connectivity index (χ0) is 17.4. The van der Waals surface area contributed by atoms with E-state index in [2.05, 4.69) is 5.32 Å². The average Bonchev–Trinajstić information content (AvgIpc) is 2.52. The molecule has 1 rings (SSSR count). The highest BCUT2D eigenvalue weighted by atomic mass is 35.5. The number of carbonyl (C=O) groups is 2. The number of rotatable bonds is 7. The molecule has 0 fully saturated rings. The van der Waals surface area contributed by atoms with Gasteiger partial charge in [-0.2, -0.15) is 0 Å². The standard InChI is InChI=1S/C16H24ClN3O3/c1-12(15(21)23-4)11-20(10-9-19(2)3)16(22)18-14-7-5-13(17)6-8-14/h5-8,12H,9-11H2,1-4H3,(H,18,22). The normalized spacial score (nSPS) is 11.9. The molecule has 6 nitrogen and oxygen atoms in total. The van der Waals surface area contributed by atoms with Gasteiger partial charge in [0.2, 0.25) is 0 Å². The minimum atomic E-state index is -0.391. The molecule has 0 spiro atoms. The summed E-state index contributed by atoms with van der Waals surface area (Å²) >= 11 is 5.83. The third kappa shape index (κ3) is 6.88. The van der Waals surface area contributed by atoms with Gasteiger partial charge in [-0.25, -0.2) is 4.79 Å². The van der Waals surface area contributed by atoms with E-state index >= 15 is 0 Å². The maximum absolute atomic E-state index is 12.5. The topological polar surface area (TPSA) is 61.9 Å². The van der Waals surface area contributed by atoms with E-state index in [9.17, 15) is 9.59 Å². The number of methoxy groups -OCH3 is 1. The first-order valence-electron chi connectivity index (χ1n) is 7.37. The molecule has 0 saturated heterocycles. The molecule has 1 atom stereocenters. The van der Waals surface area contributed by atoms with Crippen LogP contribution in [0, 0.1) is 5.92 Å². The number of ether oxygens (including phenoxy) is 1. The van der Waals surface area contributed by atoms with E-state index in [1.54, 1.807) is 36.1 Å². The van der Waals surface area contributed by atoms with Crippen molar-refractivity contribution in [2.24, 2.45) is 5.92 Å². The average molecular weight is 342 g/mol. The van der Waals surface area contributed by atoms with Gasteiger partial charge in [-0.05, 0) is 38.4 Å². The van der Waals surface area contributed by atoms with Gasteiger partial charge in [-0.1, -0.05) is 18.5 Å². The summed E-state index contributed by atoms with van der Waals surface area (Å²) in [6, 6.07) is 6.61. The molecule has 1 aromatic rings. The molecular formula is C16H24ClN3O3. The van der Waals surface area contributed by atoms with E-state index in [-0.39, 0.29) is 12.0 Å². The number of urea groups is 1. The van der Waals surface area contributed by atoms with Crippen molar-refractivity contribution in [3.05, 3.63) is 29.3 Å². The molecule has 0 heterocycles. The quantitative estimate of drug-likeness (QED) is 0.774. The number of hydrogen-bond acceptors (Lipinski definition) is 4. The van der Waals surface area contributed by atoms with Gasteiger partial charge in [0.15, 0.2) is 0 Å². The molecule has 0 aliphatic heterocycles. The van der Waals surface area contributed by atoms with Crippen LogP contribution in [0.4, 0.5) is 10.5 Å². The molecule has 1 unspecified atom stereocenters. The summed E-state index contributed by atoms with van der Waals surface area (Å²) in [7, 11) is 5.20. The minimum absolute atomic E-state index is 0.259. The van der Waals surface area contributed by atoms with Crippen molar-refractivity contribution in [1.82, 2.24) is 9.80 Å². The lowest BCUT2D eigenvalue weighted by Crippen LogP contribution is -2.43. The van der Waals surface area contributed by atoms with Gasteiger partial charge < -0.3 is 19.9 Å². The van der Waals surface area contributed by atoms with Gasteiger partial charge in [-0.15, -0.1) is 0 Å². The largest absolute Gasteiger partial charge is 0.469 e. The second kappa shape index (κ2) is 9.37. The lowest BCUT2D eigenvalue weighted by Gasteiger charge is -2.26. The Morgan fingerprint density at radius 2 is 1.83 bits per heavy atom. The molecule has 0 radical (unpaired) electrons. The van der Waals surface area contributed by atoms with Crippen molar-refractivity contribution in [2.45, 2.75) is 6.92 Å². The Morgan fingerprint density at radius 3 is 2.35 bits per heavy atom. The zero-order valence-electron chi connectivity index (χ0n) is 14.0. The van der Waals surface area contributed by atoms with Gasteiger partial charge in [0, 0.05) is 30.3 Å². The molecule has 0 aromatic heterocycles. The van der Waals surface area contributed by atoms with E-state index in [4.69, 9.17) is 16.3 Å². The molecule has 0 saturated carbocycles. The first-order valence-corrected chi connectivity index (χ1v) is 7.75. The Bertz CT molecular complexity index is 520. The highest BCUT2D eigenvalue weighted by Gasteiger charge is 2.21. The van der Waals surface area contributed by atoms with Gasteiger partial charge in [0.25, 0.3) is 0 Å².